The molecule has 0 saturated heterocycles. The van der Waals surface area contributed by atoms with E-state index in [9.17, 15) is 5.26 Å². The predicted octanol–water partition coefficient (Wildman–Crippen LogP) is 5.36. The van der Waals surface area contributed by atoms with Crippen molar-refractivity contribution in [2.75, 3.05) is 0 Å². The van der Waals surface area contributed by atoms with Gasteiger partial charge < -0.3 is 0 Å². The number of benzene rings is 1. The van der Waals surface area contributed by atoms with Crippen LogP contribution in [-0.2, 0) is 6.54 Å². The molecule has 0 radical (unpaired) electrons. The van der Waals surface area contributed by atoms with Crippen LogP contribution in [0.3, 0.4) is 0 Å². The maximum atomic E-state index is 9.24. The van der Waals surface area contributed by atoms with Crippen LogP contribution < -0.4 is 0 Å². The van der Waals surface area contributed by atoms with E-state index in [0.717, 1.165) is 72.1 Å². The number of hydrogen-bond donors (Lipinski definition) is 0. The van der Waals surface area contributed by atoms with Crippen LogP contribution in [0.15, 0.2) is 55.2 Å². The third-order valence-corrected chi connectivity index (χ3v) is 6.59. The molecule has 0 spiro atoms. The molecule has 5 rings (SSSR count). The van der Waals surface area contributed by atoms with Gasteiger partial charge >= 0.3 is 0 Å². The molecule has 0 aliphatic heterocycles. The summed E-state index contributed by atoms with van der Waals surface area (Å²) < 4.78 is 3.82. The molecule has 0 unspecified atom stereocenters. The van der Waals surface area contributed by atoms with Gasteiger partial charge in [-0.05, 0) is 43.2 Å². The summed E-state index contributed by atoms with van der Waals surface area (Å²) in [4.78, 5) is 4.76. The van der Waals surface area contributed by atoms with E-state index in [-0.39, 0.29) is 5.92 Å². The van der Waals surface area contributed by atoms with Crippen molar-refractivity contribution in [1.29, 1.82) is 10.5 Å². The van der Waals surface area contributed by atoms with E-state index in [4.69, 9.17) is 10.2 Å². The van der Waals surface area contributed by atoms with Gasteiger partial charge in [0.15, 0.2) is 0 Å². The molecule has 1 fully saturated rings. The lowest BCUT2D eigenvalue weighted by atomic mass is 9.80. The minimum atomic E-state index is 0.175. The molecule has 1 aliphatic rings. The lowest BCUT2D eigenvalue weighted by Gasteiger charge is -2.24. The summed E-state index contributed by atoms with van der Waals surface area (Å²) in [6.07, 6.45) is 14.8. The minimum absolute atomic E-state index is 0.175. The summed E-state index contributed by atoms with van der Waals surface area (Å²) in [5.74, 6) is 0.536. The zero-order chi connectivity index (χ0) is 22.6. The monoisotopic (exact) mass is 435 g/mol. The molecule has 7 nitrogen and oxygen atoms in total. The van der Waals surface area contributed by atoms with E-state index in [1.165, 1.54) is 0 Å². The number of rotatable bonds is 6. The average molecular weight is 436 g/mol. The lowest BCUT2D eigenvalue weighted by Crippen LogP contribution is -2.14. The Balaban J connectivity index is 1.41. The molecule has 0 N–H and O–H groups in total. The van der Waals surface area contributed by atoms with E-state index < -0.39 is 0 Å². The third kappa shape index (κ3) is 4.23. The molecule has 4 aromatic rings. The molecule has 1 aliphatic carbocycles. The number of fused-ring (bicyclic) bond motifs is 1. The van der Waals surface area contributed by atoms with Crippen molar-refractivity contribution < 1.29 is 0 Å². The highest BCUT2D eigenvalue weighted by Crippen LogP contribution is 2.38. The first-order chi connectivity index (χ1) is 16.3. The zero-order valence-electron chi connectivity index (χ0n) is 18.4. The maximum absolute atomic E-state index is 9.24. The normalized spacial score (nSPS) is 18.1. The van der Waals surface area contributed by atoms with Crippen LogP contribution in [0.5, 0.6) is 0 Å². The Kier molecular flexibility index (Phi) is 5.87. The topological polar surface area (TPSA) is 95.6 Å². The average Bonchev–Trinajstić information content (AvgIpc) is 3.52. The van der Waals surface area contributed by atoms with Crippen LogP contribution in [0.1, 0.15) is 50.1 Å². The lowest BCUT2D eigenvalue weighted by molar-refractivity contribution is 0.378. The van der Waals surface area contributed by atoms with Gasteiger partial charge in [0.25, 0.3) is 0 Å². The SMILES string of the molecule is N#CCCCn1cc(-c2ccc(-c3cnn4ccnc([C@H]5CC[C@@H](C#N)CC5)c34)cc2)cn1. The van der Waals surface area contributed by atoms with Gasteiger partial charge in [0.05, 0.1) is 35.7 Å². The van der Waals surface area contributed by atoms with Crippen LogP contribution in [0.2, 0.25) is 0 Å². The van der Waals surface area contributed by atoms with Gasteiger partial charge in [-0.1, -0.05) is 24.3 Å². The van der Waals surface area contributed by atoms with Crippen molar-refractivity contribution in [1.82, 2.24) is 24.4 Å². The van der Waals surface area contributed by atoms with Crippen LogP contribution >= 0.6 is 0 Å². The highest BCUT2D eigenvalue weighted by molar-refractivity contribution is 5.83. The van der Waals surface area contributed by atoms with Gasteiger partial charge in [-0.25, -0.2) is 4.52 Å². The van der Waals surface area contributed by atoms with E-state index in [1.54, 1.807) is 0 Å². The fourth-order valence-electron chi connectivity index (χ4n) is 4.77. The second kappa shape index (κ2) is 9.26. The molecular weight excluding hydrogens is 410 g/mol. The number of nitrogens with zero attached hydrogens (tertiary/aromatic N) is 7. The second-order valence-corrected chi connectivity index (χ2v) is 8.67. The van der Waals surface area contributed by atoms with E-state index in [0.29, 0.717) is 12.3 Å². The van der Waals surface area contributed by atoms with Crippen molar-refractivity contribution in [2.45, 2.75) is 51.0 Å². The summed E-state index contributed by atoms with van der Waals surface area (Å²) in [5, 5.41) is 27.0. The Morgan fingerprint density at radius 2 is 1.73 bits per heavy atom. The number of hydrogen-bond acceptors (Lipinski definition) is 5. The quantitative estimate of drug-likeness (QED) is 0.380. The van der Waals surface area contributed by atoms with Crippen molar-refractivity contribution in [3.8, 4) is 34.4 Å². The van der Waals surface area contributed by atoms with Crippen LogP contribution in [0, 0.1) is 28.6 Å². The van der Waals surface area contributed by atoms with Crippen molar-refractivity contribution in [2.24, 2.45) is 5.92 Å². The molecule has 0 amide bonds. The number of aryl methyl sites for hydroxylation is 1. The molecule has 7 heteroatoms. The van der Waals surface area contributed by atoms with Gasteiger partial charge in [0.1, 0.15) is 0 Å². The van der Waals surface area contributed by atoms with E-state index in [2.05, 4.69) is 46.6 Å². The first-order valence-corrected chi connectivity index (χ1v) is 11.5. The smallest absolute Gasteiger partial charge is 0.0958 e. The number of unbranched alkanes of at least 4 members (excludes halogenated alkanes) is 1. The minimum Gasteiger partial charge on any atom is -0.272 e. The van der Waals surface area contributed by atoms with E-state index in [1.807, 2.05) is 40.2 Å². The molecule has 1 aromatic carbocycles. The van der Waals surface area contributed by atoms with Gasteiger partial charge in [-0.15, -0.1) is 0 Å². The molecule has 0 bridgehead atoms. The van der Waals surface area contributed by atoms with Gasteiger partial charge in [-0.3, -0.25) is 9.67 Å². The first kappa shape index (κ1) is 20.9. The number of nitriles is 2. The van der Waals surface area contributed by atoms with Gasteiger partial charge in [0, 0.05) is 54.5 Å². The fraction of sp³-hybridized carbons (Fsp3) is 0.346. The van der Waals surface area contributed by atoms with Crippen LogP contribution in [-0.4, -0.2) is 24.4 Å². The van der Waals surface area contributed by atoms with Gasteiger partial charge in [0.2, 0.25) is 0 Å². The summed E-state index contributed by atoms with van der Waals surface area (Å²) in [6, 6.07) is 13.1. The Morgan fingerprint density at radius 1 is 0.939 bits per heavy atom. The Hall–Kier alpha value is -3.97. The summed E-state index contributed by atoms with van der Waals surface area (Å²) in [6.45, 7) is 0.750. The van der Waals surface area contributed by atoms with Crippen molar-refractivity contribution >= 4 is 5.52 Å². The second-order valence-electron chi connectivity index (χ2n) is 8.67. The van der Waals surface area contributed by atoms with E-state index >= 15 is 0 Å². The first-order valence-electron chi connectivity index (χ1n) is 11.5. The predicted molar refractivity (Wildman–Crippen MR) is 125 cm³/mol. The molecule has 33 heavy (non-hydrogen) atoms. The molecule has 3 aromatic heterocycles. The molecule has 1 saturated carbocycles. The summed E-state index contributed by atoms with van der Waals surface area (Å²) >= 11 is 0. The van der Waals surface area contributed by atoms with Crippen molar-refractivity contribution in [3.05, 3.63) is 60.9 Å². The Labute approximate surface area is 192 Å². The maximum Gasteiger partial charge on any atom is 0.0958 e. The molecule has 3 heterocycles. The van der Waals surface area contributed by atoms with Crippen molar-refractivity contribution in [3.63, 3.8) is 0 Å². The fourth-order valence-corrected chi connectivity index (χ4v) is 4.77. The third-order valence-electron chi connectivity index (χ3n) is 6.59. The highest BCUT2D eigenvalue weighted by Gasteiger charge is 2.26. The summed E-state index contributed by atoms with van der Waals surface area (Å²) in [7, 11) is 0. The molecule has 164 valence electrons. The Morgan fingerprint density at radius 3 is 2.48 bits per heavy atom. The largest absolute Gasteiger partial charge is 0.272 e. The Bertz CT molecular complexity index is 1330. The van der Waals surface area contributed by atoms with Crippen LogP contribution in [0.4, 0.5) is 0 Å². The standard InChI is InChI=1S/C26H25N7/c27-11-1-2-13-32-18-23(16-30-32)20-7-9-21(10-8-20)24-17-31-33-14-12-29-25(26(24)33)22-5-3-19(15-28)4-6-22/h7-10,12,14,16-19,22H,1-6,13H2/t19-,22+. The highest BCUT2D eigenvalue weighted by atomic mass is 15.3. The summed E-state index contributed by atoms with van der Waals surface area (Å²) in [5.41, 5.74) is 6.51. The van der Waals surface area contributed by atoms with Crippen LogP contribution in [0.25, 0.3) is 27.8 Å². The molecule has 0 atom stereocenters. The zero-order valence-corrected chi connectivity index (χ0v) is 18.4. The molecular formula is C26H25N7. The van der Waals surface area contributed by atoms with Gasteiger partial charge in [-0.2, -0.15) is 20.7 Å². The number of aromatic nitrogens is 5.